The van der Waals surface area contributed by atoms with Crippen molar-refractivity contribution in [1.29, 1.82) is 0 Å². The molecule has 0 fully saturated rings. The Labute approximate surface area is 191 Å². The minimum Gasteiger partial charge on any atom is -0.480 e. The van der Waals surface area contributed by atoms with Gasteiger partial charge in [0.1, 0.15) is 23.8 Å². The summed E-state index contributed by atoms with van der Waals surface area (Å²) in [5.74, 6) is -0.484. The summed E-state index contributed by atoms with van der Waals surface area (Å²) in [7, 11) is 0. The zero-order valence-corrected chi connectivity index (χ0v) is 18.4. The van der Waals surface area contributed by atoms with Gasteiger partial charge in [-0.1, -0.05) is 60.1 Å². The van der Waals surface area contributed by atoms with Gasteiger partial charge in [0.2, 0.25) is 0 Å². The molecule has 162 valence electrons. The van der Waals surface area contributed by atoms with Crippen molar-refractivity contribution < 1.29 is 9.90 Å². The third-order valence-corrected chi connectivity index (χ3v) is 5.84. The molecule has 0 saturated carbocycles. The van der Waals surface area contributed by atoms with E-state index in [1.54, 1.807) is 6.08 Å². The topological polar surface area (TPSA) is 80.0 Å². The van der Waals surface area contributed by atoms with E-state index in [1.165, 1.54) is 6.33 Å². The van der Waals surface area contributed by atoms with Crippen LogP contribution in [0.4, 0.5) is 5.82 Å². The second kappa shape index (κ2) is 9.24. The van der Waals surface area contributed by atoms with Crippen molar-refractivity contribution in [1.82, 2.24) is 14.5 Å². The van der Waals surface area contributed by atoms with E-state index < -0.39 is 12.0 Å². The average Bonchev–Trinajstić information content (AvgIpc) is 3.15. The van der Waals surface area contributed by atoms with Gasteiger partial charge < -0.3 is 15.0 Å². The monoisotopic (exact) mass is 446 g/mol. The molecule has 2 aromatic heterocycles. The van der Waals surface area contributed by atoms with Gasteiger partial charge in [-0.2, -0.15) is 0 Å². The molecule has 0 amide bonds. The number of allylic oxidation sites excluding steroid dienone is 1. The summed E-state index contributed by atoms with van der Waals surface area (Å²) in [6.07, 6.45) is 5.54. The molecule has 0 aliphatic heterocycles. The highest BCUT2D eigenvalue weighted by Gasteiger charge is 2.23. The number of carboxylic acid groups (broad SMARTS) is 1. The van der Waals surface area contributed by atoms with Gasteiger partial charge in [-0.05, 0) is 29.7 Å². The van der Waals surface area contributed by atoms with Crippen LogP contribution >= 0.6 is 11.6 Å². The highest BCUT2D eigenvalue weighted by molar-refractivity contribution is 6.31. The number of hydrogen-bond donors (Lipinski definition) is 2. The van der Waals surface area contributed by atoms with Crippen molar-refractivity contribution in [3.8, 4) is 11.1 Å². The summed E-state index contributed by atoms with van der Waals surface area (Å²) < 4.78 is 1.97. The highest BCUT2D eigenvalue weighted by Crippen LogP contribution is 2.37. The molecule has 0 unspecified atom stereocenters. The fourth-order valence-electron chi connectivity index (χ4n) is 3.83. The minimum atomic E-state index is -0.952. The molecule has 4 aromatic rings. The highest BCUT2D eigenvalue weighted by atomic mass is 35.5. The van der Waals surface area contributed by atoms with Gasteiger partial charge in [0, 0.05) is 29.7 Å². The Bertz CT molecular complexity index is 1280. The van der Waals surface area contributed by atoms with Crippen molar-refractivity contribution in [3.63, 3.8) is 0 Å². The molecule has 0 radical (unpaired) electrons. The third kappa shape index (κ3) is 4.22. The molecule has 6 nitrogen and oxygen atoms in total. The van der Waals surface area contributed by atoms with E-state index in [0.717, 1.165) is 27.6 Å². The molecule has 0 saturated heterocycles. The number of carboxylic acids is 1. The van der Waals surface area contributed by atoms with Crippen LogP contribution in [-0.4, -0.2) is 31.7 Å². The van der Waals surface area contributed by atoms with Gasteiger partial charge in [-0.15, -0.1) is 6.58 Å². The molecule has 0 aliphatic carbocycles. The predicted octanol–water partition coefficient (Wildman–Crippen LogP) is 5.35. The number of aliphatic carboxylic acids is 1. The third-order valence-electron chi connectivity index (χ3n) is 5.43. The van der Waals surface area contributed by atoms with Gasteiger partial charge >= 0.3 is 5.97 Å². The molecular weight excluding hydrogens is 424 g/mol. The Morgan fingerprint density at radius 3 is 2.69 bits per heavy atom. The average molecular weight is 447 g/mol. The summed E-state index contributed by atoms with van der Waals surface area (Å²) in [6.45, 7) is 6.35. The molecule has 0 aliphatic rings. The van der Waals surface area contributed by atoms with Crippen LogP contribution in [-0.2, 0) is 17.8 Å². The fraction of sp³-hybridized carbons (Fsp3) is 0.160. The van der Waals surface area contributed by atoms with E-state index in [9.17, 15) is 9.90 Å². The molecule has 7 heteroatoms. The van der Waals surface area contributed by atoms with Crippen LogP contribution in [0.5, 0.6) is 0 Å². The first-order chi connectivity index (χ1) is 15.5. The van der Waals surface area contributed by atoms with Gasteiger partial charge in [-0.3, -0.25) is 0 Å². The number of hydrogen-bond acceptors (Lipinski definition) is 4. The summed E-state index contributed by atoms with van der Waals surface area (Å²) >= 11 is 6.39. The molecule has 2 aromatic carbocycles. The molecule has 32 heavy (non-hydrogen) atoms. The van der Waals surface area contributed by atoms with Crippen LogP contribution in [0.3, 0.4) is 0 Å². The quantitative estimate of drug-likeness (QED) is 0.356. The summed E-state index contributed by atoms with van der Waals surface area (Å²) in [4.78, 5) is 21.0. The van der Waals surface area contributed by atoms with Crippen molar-refractivity contribution in [3.05, 3.63) is 89.9 Å². The number of nitrogens with one attached hydrogen (secondary N) is 1. The van der Waals surface area contributed by atoms with Crippen molar-refractivity contribution >= 4 is 34.4 Å². The number of benzene rings is 2. The number of nitrogens with zero attached hydrogens (tertiary/aromatic N) is 3. The zero-order chi connectivity index (χ0) is 22.7. The second-order valence-electron chi connectivity index (χ2n) is 7.54. The predicted molar refractivity (Wildman–Crippen MR) is 128 cm³/mol. The van der Waals surface area contributed by atoms with E-state index in [2.05, 4.69) is 21.9 Å². The number of aromatic nitrogens is 3. The number of fused-ring (bicyclic) bond motifs is 1. The van der Waals surface area contributed by atoms with Crippen molar-refractivity contribution in [2.24, 2.45) is 0 Å². The van der Waals surface area contributed by atoms with E-state index in [4.69, 9.17) is 11.6 Å². The standard InChI is InChI=1S/C25H23ClN4O2/c1-3-12-30-14-19(18-10-7-11-20(26)16(18)2)22-23(27-15-28-24(22)30)29-21(25(31)32)13-17-8-5-4-6-9-17/h3-11,14-15,21H,1,12-13H2,2H3,(H,31,32)(H,27,28,29)/t21-/m1/s1. The van der Waals surface area contributed by atoms with Gasteiger partial charge in [0.15, 0.2) is 0 Å². The minimum absolute atomic E-state index is 0.320. The van der Waals surface area contributed by atoms with Crippen LogP contribution in [0, 0.1) is 6.92 Å². The Morgan fingerprint density at radius 2 is 1.97 bits per heavy atom. The Morgan fingerprint density at radius 1 is 1.19 bits per heavy atom. The van der Waals surface area contributed by atoms with E-state index in [-0.39, 0.29) is 0 Å². The Hall–Kier alpha value is -3.64. The molecule has 2 heterocycles. The van der Waals surface area contributed by atoms with E-state index >= 15 is 0 Å². The molecule has 4 rings (SSSR count). The number of carbonyl (C=O) groups is 1. The lowest BCUT2D eigenvalue weighted by Crippen LogP contribution is -2.32. The maximum absolute atomic E-state index is 12.1. The van der Waals surface area contributed by atoms with Gasteiger partial charge in [0.25, 0.3) is 0 Å². The first-order valence-electron chi connectivity index (χ1n) is 10.2. The summed E-state index contributed by atoms with van der Waals surface area (Å²) in [5, 5.41) is 14.4. The lowest BCUT2D eigenvalue weighted by molar-refractivity contribution is -0.137. The number of halogens is 1. The molecular formula is C25H23ClN4O2. The number of rotatable bonds is 8. The maximum atomic E-state index is 12.1. The SMILES string of the molecule is C=CCn1cc(-c2cccc(Cl)c2C)c2c(N[C@H](Cc3ccccc3)C(=O)O)ncnc21. The van der Waals surface area contributed by atoms with Gasteiger partial charge in [0.05, 0.1) is 5.39 Å². The largest absolute Gasteiger partial charge is 0.480 e. The normalized spacial score (nSPS) is 11.9. The first-order valence-corrected chi connectivity index (χ1v) is 10.6. The van der Waals surface area contributed by atoms with Crippen LogP contribution < -0.4 is 5.32 Å². The summed E-state index contributed by atoms with van der Waals surface area (Å²) in [6, 6.07) is 14.4. The lowest BCUT2D eigenvalue weighted by Gasteiger charge is -2.16. The smallest absolute Gasteiger partial charge is 0.326 e. The van der Waals surface area contributed by atoms with Crippen LogP contribution in [0.1, 0.15) is 11.1 Å². The molecule has 2 N–H and O–H groups in total. The van der Waals surface area contributed by atoms with Crippen molar-refractivity contribution in [2.45, 2.75) is 25.9 Å². The zero-order valence-electron chi connectivity index (χ0n) is 17.6. The van der Waals surface area contributed by atoms with E-state index in [1.807, 2.05) is 66.2 Å². The van der Waals surface area contributed by atoms with Crippen molar-refractivity contribution in [2.75, 3.05) is 5.32 Å². The number of anilines is 1. The molecule has 1 atom stereocenters. The van der Waals surface area contributed by atoms with Crippen LogP contribution in [0.25, 0.3) is 22.2 Å². The maximum Gasteiger partial charge on any atom is 0.326 e. The Balaban J connectivity index is 1.85. The van der Waals surface area contributed by atoms with E-state index in [0.29, 0.717) is 29.5 Å². The van der Waals surface area contributed by atoms with Gasteiger partial charge in [-0.25, -0.2) is 14.8 Å². The fourth-order valence-corrected chi connectivity index (χ4v) is 4.00. The second-order valence-corrected chi connectivity index (χ2v) is 7.95. The first kappa shape index (κ1) is 21.6. The molecule has 0 bridgehead atoms. The lowest BCUT2D eigenvalue weighted by atomic mass is 10.0. The van der Waals surface area contributed by atoms with Crippen LogP contribution in [0.15, 0.2) is 73.7 Å². The molecule has 0 spiro atoms. The Kier molecular flexibility index (Phi) is 6.23. The van der Waals surface area contributed by atoms with Crippen LogP contribution in [0.2, 0.25) is 5.02 Å². The summed E-state index contributed by atoms with van der Waals surface area (Å²) in [5.41, 5.74) is 4.38.